The van der Waals surface area contributed by atoms with Crippen LogP contribution in [0.25, 0.3) is 0 Å². The van der Waals surface area contributed by atoms with Crippen LogP contribution >= 0.6 is 0 Å². The van der Waals surface area contributed by atoms with Crippen molar-refractivity contribution >= 4 is 23.4 Å². The van der Waals surface area contributed by atoms with Gasteiger partial charge in [0.25, 0.3) is 0 Å². The molecular weight excluding hydrogens is 286 g/mol. The first-order valence-corrected chi connectivity index (χ1v) is 6.90. The van der Waals surface area contributed by atoms with E-state index >= 15 is 0 Å². The Morgan fingerprint density at radius 3 is 2.45 bits per heavy atom. The van der Waals surface area contributed by atoms with Gasteiger partial charge in [-0.25, -0.2) is 0 Å². The minimum Gasteiger partial charge on any atom is -0.346 e. The maximum Gasteiger partial charge on any atom is 0.243 e. The van der Waals surface area contributed by atoms with Crippen LogP contribution in [-0.4, -0.2) is 41.8 Å². The lowest BCUT2D eigenvalue weighted by molar-refractivity contribution is -0.127. The maximum atomic E-state index is 11.6. The van der Waals surface area contributed by atoms with Gasteiger partial charge in [-0.3, -0.25) is 19.4 Å². The van der Waals surface area contributed by atoms with Crippen molar-refractivity contribution in [3.63, 3.8) is 0 Å². The molecule has 0 aliphatic rings. The van der Waals surface area contributed by atoms with Crippen molar-refractivity contribution < 1.29 is 14.4 Å². The van der Waals surface area contributed by atoms with E-state index in [1.807, 2.05) is 13.8 Å². The zero-order valence-electron chi connectivity index (χ0n) is 12.6. The van der Waals surface area contributed by atoms with Crippen LogP contribution in [0.5, 0.6) is 0 Å². The molecule has 0 aliphatic carbocycles. The molecule has 0 spiro atoms. The van der Waals surface area contributed by atoms with Crippen LogP contribution in [0.3, 0.4) is 0 Å². The number of anilines is 1. The van der Waals surface area contributed by atoms with Gasteiger partial charge in [0, 0.05) is 6.20 Å². The number of carbonyl (C=O) groups excluding carboxylic acids is 3. The number of rotatable bonds is 7. The van der Waals surface area contributed by atoms with Gasteiger partial charge in [-0.05, 0) is 18.1 Å². The smallest absolute Gasteiger partial charge is 0.243 e. The van der Waals surface area contributed by atoms with E-state index in [9.17, 15) is 14.4 Å². The fraction of sp³-hybridized carbons (Fsp3) is 0.429. The molecule has 0 fully saturated rings. The first kappa shape index (κ1) is 17.6. The van der Waals surface area contributed by atoms with Crippen LogP contribution in [0.2, 0.25) is 0 Å². The van der Waals surface area contributed by atoms with Gasteiger partial charge in [0.15, 0.2) is 0 Å². The average Bonchev–Trinajstić information content (AvgIpc) is 2.50. The van der Waals surface area contributed by atoms with Crippen molar-refractivity contribution in [2.24, 2.45) is 11.7 Å². The van der Waals surface area contributed by atoms with Crippen molar-refractivity contribution in [3.8, 4) is 0 Å². The highest BCUT2D eigenvalue weighted by Crippen LogP contribution is 2.01. The highest BCUT2D eigenvalue weighted by Gasteiger charge is 2.17. The molecule has 0 radical (unpaired) electrons. The highest BCUT2D eigenvalue weighted by atomic mass is 16.2. The fourth-order valence-corrected chi connectivity index (χ4v) is 1.47. The summed E-state index contributed by atoms with van der Waals surface area (Å²) in [6.45, 7) is 3.21. The quantitative estimate of drug-likeness (QED) is 0.526. The van der Waals surface area contributed by atoms with E-state index in [1.165, 1.54) is 6.20 Å². The van der Waals surface area contributed by atoms with Crippen molar-refractivity contribution in [2.75, 3.05) is 18.4 Å². The van der Waals surface area contributed by atoms with Crippen molar-refractivity contribution in [1.29, 1.82) is 0 Å². The summed E-state index contributed by atoms with van der Waals surface area (Å²) >= 11 is 0. The number of hydrogen-bond donors (Lipinski definition) is 4. The second-order valence-corrected chi connectivity index (χ2v) is 5.05. The molecule has 1 heterocycles. The first-order valence-electron chi connectivity index (χ1n) is 6.90. The van der Waals surface area contributed by atoms with Gasteiger partial charge in [-0.1, -0.05) is 13.8 Å². The van der Waals surface area contributed by atoms with Crippen LogP contribution in [0, 0.1) is 5.92 Å². The molecular formula is C14H21N5O3. The minimum atomic E-state index is -0.665. The molecule has 120 valence electrons. The number of nitrogens with zero attached hydrogens (tertiary/aromatic N) is 1. The number of amides is 3. The van der Waals surface area contributed by atoms with Gasteiger partial charge in [-0.2, -0.15) is 0 Å². The molecule has 8 nitrogen and oxygen atoms in total. The van der Waals surface area contributed by atoms with E-state index in [1.54, 1.807) is 18.3 Å². The van der Waals surface area contributed by atoms with Crippen LogP contribution in [0.1, 0.15) is 13.8 Å². The monoisotopic (exact) mass is 307 g/mol. The Balaban J connectivity index is 2.25. The molecule has 1 atom stereocenters. The van der Waals surface area contributed by atoms with E-state index < -0.39 is 17.9 Å². The van der Waals surface area contributed by atoms with Crippen LogP contribution in [0.15, 0.2) is 24.5 Å². The number of carbonyl (C=O) groups is 3. The molecule has 3 amide bonds. The Kier molecular flexibility index (Phi) is 6.97. The summed E-state index contributed by atoms with van der Waals surface area (Å²) in [7, 11) is 0. The lowest BCUT2D eigenvalue weighted by Crippen LogP contribution is -2.47. The van der Waals surface area contributed by atoms with E-state index in [0.29, 0.717) is 5.69 Å². The Labute approximate surface area is 128 Å². The second kappa shape index (κ2) is 8.73. The number of aromatic nitrogens is 1. The van der Waals surface area contributed by atoms with Crippen molar-refractivity contribution in [3.05, 3.63) is 24.5 Å². The van der Waals surface area contributed by atoms with Gasteiger partial charge in [0.2, 0.25) is 17.7 Å². The summed E-state index contributed by atoms with van der Waals surface area (Å²) in [6.07, 6.45) is 3.08. The van der Waals surface area contributed by atoms with Gasteiger partial charge < -0.3 is 21.7 Å². The van der Waals surface area contributed by atoms with Gasteiger partial charge >= 0.3 is 0 Å². The van der Waals surface area contributed by atoms with E-state index in [0.717, 1.165) is 0 Å². The lowest BCUT2D eigenvalue weighted by atomic mass is 10.1. The third-order valence-corrected chi connectivity index (χ3v) is 2.84. The van der Waals surface area contributed by atoms with E-state index in [4.69, 9.17) is 5.73 Å². The van der Waals surface area contributed by atoms with Crippen molar-refractivity contribution in [2.45, 2.75) is 19.9 Å². The van der Waals surface area contributed by atoms with Crippen LogP contribution in [0.4, 0.5) is 5.69 Å². The largest absolute Gasteiger partial charge is 0.346 e. The molecule has 1 aromatic rings. The van der Waals surface area contributed by atoms with E-state index in [-0.39, 0.29) is 24.9 Å². The molecule has 0 saturated heterocycles. The molecule has 1 aromatic heterocycles. The van der Waals surface area contributed by atoms with Gasteiger partial charge in [-0.15, -0.1) is 0 Å². The molecule has 5 N–H and O–H groups in total. The fourth-order valence-electron chi connectivity index (χ4n) is 1.47. The van der Waals surface area contributed by atoms with Crippen molar-refractivity contribution in [1.82, 2.24) is 15.6 Å². The molecule has 0 aromatic carbocycles. The SMILES string of the molecule is CC(C)[C@H](N)C(=O)NCC(=O)NCC(=O)Nc1cccnc1. The second-order valence-electron chi connectivity index (χ2n) is 5.05. The summed E-state index contributed by atoms with van der Waals surface area (Å²) in [5.41, 5.74) is 6.18. The minimum absolute atomic E-state index is 0.0201. The number of pyridine rings is 1. The summed E-state index contributed by atoms with van der Waals surface area (Å²) in [6, 6.07) is 2.70. The van der Waals surface area contributed by atoms with E-state index in [2.05, 4.69) is 20.9 Å². The Morgan fingerprint density at radius 1 is 1.18 bits per heavy atom. The number of nitrogens with two attached hydrogens (primary N) is 1. The van der Waals surface area contributed by atoms with Crippen LogP contribution < -0.4 is 21.7 Å². The molecule has 0 aliphatic heterocycles. The van der Waals surface area contributed by atoms with Crippen LogP contribution in [-0.2, 0) is 14.4 Å². The zero-order chi connectivity index (χ0) is 16.5. The zero-order valence-corrected chi connectivity index (χ0v) is 12.6. The Bertz CT molecular complexity index is 518. The maximum absolute atomic E-state index is 11.6. The Hall–Kier alpha value is -2.48. The summed E-state index contributed by atoms with van der Waals surface area (Å²) in [5, 5.41) is 7.39. The molecule has 0 unspecified atom stereocenters. The summed E-state index contributed by atoms with van der Waals surface area (Å²) in [5.74, 6) is -1.27. The first-order chi connectivity index (χ1) is 10.4. The standard InChI is InChI=1S/C14H21N5O3/c1-9(2)13(15)14(22)18-7-11(20)17-8-12(21)19-10-4-3-5-16-6-10/h3-6,9,13H,7-8,15H2,1-2H3,(H,17,20)(H,18,22)(H,19,21)/t13-/m0/s1. The lowest BCUT2D eigenvalue weighted by Gasteiger charge is -2.15. The molecule has 0 bridgehead atoms. The molecule has 1 rings (SSSR count). The third kappa shape index (κ3) is 6.31. The summed E-state index contributed by atoms with van der Waals surface area (Å²) < 4.78 is 0. The average molecular weight is 307 g/mol. The normalized spacial score (nSPS) is 11.6. The molecule has 8 heteroatoms. The number of hydrogen-bond acceptors (Lipinski definition) is 5. The van der Waals surface area contributed by atoms with Gasteiger partial charge in [0.1, 0.15) is 0 Å². The molecule has 0 saturated carbocycles. The predicted octanol–water partition coefficient (Wildman–Crippen LogP) is -0.764. The Morgan fingerprint density at radius 2 is 1.86 bits per heavy atom. The third-order valence-electron chi connectivity index (χ3n) is 2.84. The topological polar surface area (TPSA) is 126 Å². The van der Waals surface area contributed by atoms with Gasteiger partial charge in [0.05, 0.1) is 31.0 Å². The summed E-state index contributed by atoms with van der Waals surface area (Å²) in [4.78, 5) is 38.5. The number of nitrogens with one attached hydrogen (secondary N) is 3. The molecule has 22 heavy (non-hydrogen) atoms. The highest BCUT2D eigenvalue weighted by molar-refractivity contribution is 5.95. The predicted molar refractivity (Wildman–Crippen MR) is 81.7 cm³/mol.